The number of aryl methyl sites for hydroxylation is 1. The molecule has 2 aromatic rings. The first-order valence-electron chi connectivity index (χ1n) is 7.69. The predicted octanol–water partition coefficient (Wildman–Crippen LogP) is -0.222. The first-order valence-corrected chi connectivity index (χ1v) is 9.10. The molecule has 8 nitrogen and oxygen atoms in total. The first-order chi connectivity index (χ1) is 12.3. The van der Waals surface area contributed by atoms with Gasteiger partial charge >= 0.3 is 29.6 Å². The van der Waals surface area contributed by atoms with Gasteiger partial charge in [-0.05, 0) is 49.7 Å². The van der Waals surface area contributed by atoms with E-state index in [1.165, 1.54) is 17.1 Å². The Morgan fingerprint density at radius 2 is 1.78 bits per heavy atom. The molecule has 134 valence electrons. The van der Waals surface area contributed by atoms with Gasteiger partial charge in [-0.15, -0.1) is 0 Å². The monoisotopic (exact) mass is 394 g/mol. The fourth-order valence-electron chi connectivity index (χ4n) is 2.46. The van der Waals surface area contributed by atoms with Crippen LogP contribution in [0.3, 0.4) is 0 Å². The summed E-state index contributed by atoms with van der Waals surface area (Å²) in [6.07, 6.45) is 0. The van der Waals surface area contributed by atoms with Gasteiger partial charge in [-0.1, -0.05) is 18.2 Å². The number of carbonyl (C=O) groups excluding carboxylic acids is 1. The minimum Gasteiger partial charge on any atom is -0.744 e. The number of azo groups is 1. The van der Waals surface area contributed by atoms with E-state index >= 15 is 0 Å². The largest absolute Gasteiger partial charge is 1.00 e. The summed E-state index contributed by atoms with van der Waals surface area (Å²) in [4.78, 5) is 12.2. The maximum absolute atomic E-state index is 12.5. The van der Waals surface area contributed by atoms with Crippen molar-refractivity contribution in [3.8, 4) is 0 Å². The Bertz CT molecular complexity index is 1020. The Balaban J connectivity index is 0.00000261. The number of hydrazone groups is 1. The van der Waals surface area contributed by atoms with Gasteiger partial charge in [0.2, 0.25) is 0 Å². The van der Waals surface area contributed by atoms with Gasteiger partial charge in [-0.3, -0.25) is 4.79 Å². The zero-order chi connectivity index (χ0) is 18.9. The molecule has 1 amide bonds. The van der Waals surface area contributed by atoms with E-state index in [1.54, 1.807) is 38.1 Å². The topological polar surface area (TPSA) is 115 Å². The number of nitrogens with zero attached hydrogens (tertiary/aromatic N) is 4. The summed E-state index contributed by atoms with van der Waals surface area (Å²) in [6, 6.07) is 11.9. The van der Waals surface area contributed by atoms with Crippen molar-refractivity contribution in [2.24, 2.45) is 15.3 Å². The molecule has 10 heteroatoms. The Kier molecular flexibility index (Phi) is 6.66. The number of rotatable bonds is 4. The van der Waals surface area contributed by atoms with Crippen LogP contribution in [0.15, 0.2) is 68.8 Å². The number of amides is 1. The van der Waals surface area contributed by atoms with Crippen molar-refractivity contribution < 1.29 is 47.3 Å². The van der Waals surface area contributed by atoms with Crippen LogP contribution in [0.25, 0.3) is 0 Å². The SMILES string of the molecule is CC1=NN(c2ccccc2)C(=O)C1N=Nc1ccc(S(=O)(=O)[O-])cc1C.[Na+]. The molecule has 3 rings (SSSR count). The standard InChI is InChI=1S/C17H16N4O4S.Na/c1-11-10-14(26(23,24)25)8-9-15(11)18-19-16-12(2)20-21(17(16)22)13-6-4-3-5-7-13;/h3-10,16H,1-2H3,(H,23,24,25);/q;+1/p-1. The number of benzene rings is 2. The summed E-state index contributed by atoms with van der Waals surface area (Å²) < 4.78 is 33.1. The summed E-state index contributed by atoms with van der Waals surface area (Å²) in [5.41, 5.74) is 1.97. The Labute approximate surface area is 179 Å². The normalized spacial score (nSPS) is 17.1. The van der Waals surface area contributed by atoms with E-state index in [1.807, 2.05) is 6.07 Å². The third kappa shape index (κ3) is 4.69. The van der Waals surface area contributed by atoms with E-state index in [4.69, 9.17) is 0 Å². The number of hydrogen-bond acceptors (Lipinski definition) is 7. The molecule has 0 fully saturated rings. The van der Waals surface area contributed by atoms with Crippen LogP contribution < -0.4 is 34.6 Å². The molecule has 1 atom stereocenters. The average molecular weight is 394 g/mol. The van der Waals surface area contributed by atoms with Gasteiger partial charge in [0.15, 0.2) is 6.04 Å². The van der Waals surface area contributed by atoms with Gasteiger partial charge < -0.3 is 4.55 Å². The van der Waals surface area contributed by atoms with Crippen molar-refractivity contribution in [2.75, 3.05) is 5.01 Å². The van der Waals surface area contributed by atoms with Crippen LogP contribution >= 0.6 is 0 Å². The van der Waals surface area contributed by atoms with Gasteiger partial charge in [0.05, 0.1) is 22.0 Å². The smallest absolute Gasteiger partial charge is 0.744 e. The van der Waals surface area contributed by atoms with Crippen molar-refractivity contribution in [2.45, 2.75) is 24.8 Å². The third-order valence-electron chi connectivity index (χ3n) is 3.83. The molecule has 0 saturated carbocycles. The second-order valence-corrected chi connectivity index (χ2v) is 7.13. The van der Waals surface area contributed by atoms with Crippen LogP contribution in [-0.4, -0.2) is 30.6 Å². The van der Waals surface area contributed by atoms with Crippen LogP contribution in [0.4, 0.5) is 11.4 Å². The van der Waals surface area contributed by atoms with Gasteiger partial charge in [0.25, 0.3) is 5.91 Å². The summed E-state index contributed by atoms with van der Waals surface area (Å²) >= 11 is 0. The quantitative estimate of drug-likeness (QED) is 0.405. The van der Waals surface area contributed by atoms with Gasteiger partial charge in [-0.2, -0.15) is 20.3 Å². The van der Waals surface area contributed by atoms with Crippen molar-refractivity contribution in [1.29, 1.82) is 0 Å². The molecule has 27 heavy (non-hydrogen) atoms. The third-order valence-corrected chi connectivity index (χ3v) is 4.67. The van der Waals surface area contributed by atoms with E-state index in [0.29, 0.717) is 22.6 Å². The van der Waals surface area contributed by atoms with Gasteiger partial charge in [0.1, 0.15) is 10.1 Å². The molecule has 0 saturated heterocycles. The second kappa shape index (κ2) is 8.41. The maximum atomic E-state index is 12.5. The van der Waals surface area contributed by atoms with E-state index < -0.39 is 16.2 Å². The molecule has 0 aliphatic carbocycles. The van der Waals surface area contributed by atoms with Crippen LogP contribution in [0, 0.1) is 6.92 Å². The Hall–Kier alpha value is -1.91. The second-order valence-electron chi connectivity index (χ2n) is 5.75. The molecular formula is C17H15N4NaO4S. The van der Waals surface area contributed by atoms with E-state index in [2.05, 4.69) is 15.3 Å². The van der Waals surface area contributed by atoms with Crippen LogP contribution in [0.2, 0.25) is 0 Å². The Morgan fingerprint density at radius 3 is 2.37 bits per heavy atom. The fraction of sp³-hybridized carbons (Fsp3) is 0.176. The van der Waals surface area contributed by atoms with Crippen molar-refractivity contribution in [3.05, 3.63) is 54.1 Å². The van der Waals surface area contributed by atoms with E-state index in [9.17, 15) is 17.8 Å². The molecule has 1 unspecified atom stereocenters. The molecule has 1 aliphatic heterocycles. The van der Waals surface area contributed by atoms with Crippen molar-refractivity contribution in [3.63, 3.8) is 0 Å². The zero-order valence-corrected chi connectivity index (χ0v) is 17.8. The molecule has 0 bridgehead atoms. The minimum atomic E-state index is -4.53. The minimum absolute atomic E-state index is 0. The number of anilines is 1. The molecule has 1 aliphatic rings. The summed E-state index contributed by atoms with van der Waals surface area (Å²) in [5, 5.41) is 13.6. The number of para-hydroxylation sites is 1. The van der Waals surface area contributed by atoms with Crippen LogP contribution in [-0.2, 0) is 14.9 Å². The molecule has 0 N–H and O–H groups in total. The van der Waals surface area contributed by atoms with E-state index in [0.717, 1.165) is 6.07 Å². The average Bonchev–Trinajstić information content (AvgIpc) is 2.88. The molecule has 1 heterocycles. The van der Waals surface area contributed by atoms with E-state index in [-0.39, 0.29) is 40.4 Å². The predicted molar refractivity (Wildman–Crippen MR) is 94.5 cm³/mol. The zero-order valence-electron chi connectivity index (χ0n) is 15.0. The van der Waals surface area contributed by atoms with Gasteiger partial charge in [0, 0.05) is 0 Å². The number of hydrogen-bond donors (Lipinski definition) is 0. The maximum Gasteiger partial charge on any atom is 1.00 e. The number of carbonyl (C=O) groups is 1. The molecular weight excluding hydrogens is 379 g/mol. The Morgan fingerprint density at radius 1 is 1.11 bits per heavy atom. The van der Waals surface area contributed by atoms with Crippen LogP contribution in [0.1, 0.15) is 12.5 Å². The fourth-order valence-corrected chi connectivity index (χ4v) is 3.01. The molecule has 0 aromatic heterocycles. The molecule has 2 aromatic carbocycles. The molecule has 0 radical (unpaired) electrons. The first kappa shape index (κ1) is 21.4. The molecule has 0 spiro atoms. The van der Waals surface area contributed by atoms with Crippen molar-refractivity contribution in [1.82, 2.24) is 0 Å². The summed E-state index contributed by atoms with van der Waals surface area (Å²) in [7, 11) is -4.53. The van der Waals surface area contributed by atoms with Crippen LogP contribution in [0.5, 0.6) is 0 Å². The summed E-state index contributed by atoms with van der Waals surface area (Å²) in [6.45, 7) is 3.29. The van der Waals surface area contributed by atoms with Crippen molar-refractivity contribution >= 4 is 33.1 Å². The van der Waals surface area contributed by atoms with Gasteiger partial charge in [-0.25, -0.2) is 8.42 Å². The summed E-state index contributed by atoms with van der Waals surface area (Å²) in [5.74, 6) is -0.325.